The zero-order valence-corrected chi connectivity index (χ0v) is 20.4. The second kappa shape index (κ2) is 11.2. The van der Waals surface area contributed by atoms with Crippen molar-refractivity contribution in [2.45, 2.75) is 12.6 Å². The van der Waals surface area contributed by atoms with Crippen molar-refractivity contribution in [1.82, 2.24) is 10.2 Å². The standard InChI is InChI=1S/C28H31N3O5/c1-33-24-10-8-23(9-11-24)30-13-15-31(16-14-30)25(22-7-12-26-27(17-22)36-20-35-26)18-29-28(32)34-19-21-5-3-2-4-6-21/h2-12,17,25H,13-16,18-20H2,1H3,(H,29,32). The number of alkyl carbamates (subject to hydrolysis) is 1. The quantitative estimate of drug-likeness (QED) is 0.508. The van der Waals surface area contributed by atoms with E-state index in [1.54, 1.807) is 7.11 Å². The number of carbonyl (C=O) groups excluding carboxylic acids is 1. The lowest BCUT2D eigenvalue weighted by Crippen LogP contribution is -2.50. The molecule has 0 aliphatic carbocycles. The van der Waals surface area contributed by atoms with Gasteiger partial charge in [0.2, 0.25) is 6.79 Å². The minimum absolute atomic E-state index is 0.0261. The smallest absolute Gasteiger partial charge is 0.407 e. The number of hydrogen-bond acceptors (Lipinski definition) is 7. The normalized spacial score (nSPS) is 15.9. The molecule has 0 bridgehead atoms. The van der Waals surface area contributed by atoms with E-state index in [1.807, 2.05) is 60.7 Å². The number of ether oxygens (including phenoxy) is 4. The van der Waals surface area contributed by atoms with Gasteiger partial charge in [-0.3, -0.25) is 4.90 Å². The van der Waals surface area contributed by atoms with Crippen LogP contribution in [0, 0.1) is 0 Å². The zero-order chi connectivity index (χ0) is 24.7. The second-order valence-corrected chi connectivity index (χ2v) is 8.79. The minimum atomic E-state index is -0.429. The van der Waals surface area contributed by atoms with Crippen molar-refractivity contribution >= 4 is 11.8 Å². The van der Waals surface area contributed by atoms with Crippen molar-refractivity contribution < 1.29 is 23.7 Å². The van der Waals surface area contributed by atoms with Crippen LogP contribution in [-0.2, 0) is 11.3 Å². The Bertz CT molecular complexity index is 1150. The number of benzene rings is 3. The lowest BCUT2D eigenvalue weighted by atomic mass is 10.0. The maximum atomic E-state index is 12.5. The number of fused-ring (bicyclic) bond motifs is 1. The first-order chi connectivity index (χ1) is 17.7. The molecule has 8 nitrogen and oxygen atoms in total. The van der Waals surface area contributed by atoms with Gasteiger partial charge in [0.25, 0.3) is 0 Å². The molecule has 1 fully saturated rings. The Morgan fingerprint density at radius 1 is 0.944 bits per heavy atom. The zero-order valence-electron chi connectivity index (χ0n) is 20.4. The number of hydrogen-bond donors (Lipinski definition) is 1. The average molecular weight is 490 g/mol. The van der Waals surface area contributed by atoms with E-state index in [-0.39, 0.29) is 19.4 Å². The van der Waals surface area contributed by atoms with Gasteiger partial charge < -0.3 is 29.2 Å². The summed E-state index contributed by atoms with van der Waals surface area (Å²) in [6, 6.07) is 23.8. The van der Waals surface area contributed by atoms with Gasteiger partial charge in [0.1, 0.15) is 12.4 Å². The number of anilines is 1. The van der Waals surface area contributed by atoms with Crippen LogP contribution in [0.25, 0.3) is 0 Å². The number of methoxy groups -OCH3 is 1. The summed E-state index contributed by atoms with van der Waals surface area (Å²) < 4.78 is 21.8. The first-order valence-electron chi connectivity index (χ1n) is 12.2. The van der Waals surface area contributed by atoms with E-state index in [2.05, 4.69) is 27.2 Å². The molecule has 2 aliphatic heterocycles. The van der Waals surface area contributed by atoms with Gasteiger partial charge in [-0.05, 0) is 47.5 Å². The van der Waals surface area contributed by atoms with Crippen molar-refractivity contribution in [2.24, 2.45) is 0 Å². The number of rotatable bonds is 8. The number of carbonyl (C=O) groups is 1. The molecular formula is C28H31N3O5. The third kappa shape index (κ3) is 5.66. The Morgan fingerprint density at radius 3 is 2.44 bits per heavy atom. The Hall–Kier alpha value is -3.91. The summed E-state index contributed by atoms with van der Waals surface area (Å²) in [7, 11) is 1.68. The summed E-state index contributed by atoms with van der Waals surface area (Å²) >= 11 is 0. The number of amides is 1. The SMILES string of the molecule is COc1ccc(N2CCN(C(CNC(=O)OCc3ccccc3)c3ccc4c(c3)OCO4)CC2)cc1. The van der Waals surface area contributed by atoms with Crippen LogP contribution in [-0.4, -0.2) is 57.6 Å². The van der Waals surface area contributed by atoms with Gasteiger partial charge in [-0.15, -0.1) is 0 Å². The fourth-order valence-corrected chi connectivity index (χ4v) is 4.62. The lowest BCUT2D eigenvalue weighted by Gasteiger charge is -2.40. The van der Waals surface area contributed by atoms with Crippen LogP contribution in [0.15, 0.2) is 72.8 Å². The van der Waals surface area contributed by atoms with Crippen LogP contribution in [0.3, 0.4) is 0 Å². The van der Waals surface area contributed by atoms with Crippen LogP contribution >= 0.6 is 0 Å². The molecule has 8 heteroatoms. The van der Waals surface area contributed by atoms with Crippen LogP contribution in [0.1, 0.15) is 17.2 Å². The van der Waals surface area contributed by atoms with E-state index < -0.39 is 6.09 Å². The van der Waals surface area contributed by atoms with Gasteiger partial charge in [-0.1, -0.05) is 36.4 Å². The fraction of sp³-hybridized carbons (Fsp3) is 0.321. The van der Waals surface area contributed by atoms with Gasteiger partial charge in [0, 0.05) is 38.4 Å². The summed E-state index contributed by atoms with van der Waals surface area (Å²) in [5.74, 6) is 2.34. The molecule has 1 N–H and O–H groups in total. The van der Waals surface area contributed by atoms with Crippen LogP contribution < -0.4 is 24.4 Å². The van der Waals surface area contributed by atoms with Crippen molar-refractivity contribution in [3.63, 3.8) is 0 Å². The molecule has 0 saturated carbocycles. The highest BCUT2D eigenvalue weighted by molar-refractivity contribution is 5.67. The maximum absolute atomic E-state index is 12.5. The first kappa shape index (κ1) is 23.8. The van der Waals surface area contributed by atoms with Gasteiger partial charge in [0.15, 0.2) is 11.5 Å². The Balaban J connectivity index is 1.24. The van der Waals surface area contributed by atoms with E-state index in [0.717, 1.165) is 54.6 Å². The average Bonchev–Trinajstić information content (AvgIpc) is 3.41. The number of nitrogens with one attached hydrogen (secondary N) is 1. The molecule has 0 aromatic heterocycles. The van der Waals surface area contributed by atoms with Crippen molar-refractivity contribution in [3.8, 4) is 17.2 Å². The third-order valence-corrected chi connectivity index (χ3v) is 6.63. The van der Waals surface area contributed by atoms with Crippen molar-refractivity contribution in [3.05, 3.63) is 83.9 Å². The molecule has 0 spiro atoms. The predicted octanol–water partition coefficient (Wildman–Crippen LogP) is 4.21. The van der Waals surface area contributed by atoms with Crippen molar-refractivity contribution in [1.29, 1.82) is 0 Å². The van der Waals surface area contributed by atoms with E-state index in [0.29, 0.717) is 6.54 Å². The molecule has 1 amide bonds. The summed E-state index contributed by atoms with van der Waals surface area (Å²) in [6.45, 7) is 4.36. The molecule has 188 valence electrons. The molecular weight excluding hydrogens is 458 g/mol. The molecule has 3 aromatic carbocycles. The topological polar surface area (TPSA) is 72.5 Å². The molecule has 36 heavy (non-hydrogen) atoms. The van der Waals surface area contributed by atoms with Gasteiger partial charge in [-0.25, -0.2) is 4.79 Å². The second-order valence-electron chi connectivity index (χ2n) is 8.79. The molecule has 1 atom stereocenters. The maximum Gasteiger partial charge on any atom is 0.407 e. The number of nitrogens with zero attached hydrogens (tertiary/aromatic N) is 2. The largest absolute Gasteiger partial charge is 0.497 e. The Labute approximate surface area is 211 Å². The van der Waals surface area contributed by atoms with Crippen molar-refractivity contribution in [2.75, 3.05) is 51.5 Å². The van der Waals surface area contributed by atoms with Crippen LogP contribution in [0.5, 0.6) is 17.2 Å². The minimum Gasteiger partial charge on any atom is -0.497 e. The summed E-state index contributed by atoms with van der Waals surface area (Å²) in [4.78, 5) is 17.3. The van der Waals surface area contributed by atoms with Gasteiger partial charge in [0.05, 0.1) is 13.2 Å². The molecule has 5 rings (SSSR count). The summed E-state index contributed by atoms with van der Waals surface area (Å²) in [5.41, 5.74) is 3.20. The van der Waals surface area contributed by atoms with Crippen LogP contribution in [0.4, 0.5) is 10.5 Å². The number of piperazine rings is 1. The fourth-order valence-electron chi connectivity index (χ4n) is 4.62. The summed E-state index contributed by atoms with van der Waals surface area (Å²) in [6.07, 6.45) is -0.429. The molecule has 2 aliphatic rings. The molecule has 2 heterocycles. The molecule has 1 unspecified atom stereocenters. The molecule has 3 aromatic rings. The first-order valence-corrected chi connectivity index (χ1v) is 12.2. The monoisotopic (exact) mass is 489 g/mol. The summed E-state index contributed by atoms with van der Waals surface area (Å²) in [5, 5.41) is 2.97. The molecule has 1 saturated heterocycles. The third-order valence-electron chi connectivity index (χ3n) is 6.63. The van der Waals surface area contributed by atoms with Gasteiger partial charge in [-0.2, -0.15) is 0 Å². The Kier molecular flexibility index (Phi) is 7.42. The van der Waals surface area contributed by atoms with Crippen LogP contribution in [0.2, 0.25) is 0 Å². The van der Waals surface area contributed by atoms with E-state index >= 15 is 0 Å². The van der Waals surface area contributed by atoms with E-state index in [4.69, 9.17) is 18.9 Å². The Morgan fingerprint density at radius 2 is 1.69 bits per heavy atom. The lowest BCUT2D eigenvalue weighted by molar-refractivity contribution is 0.130. The highest BCUT2D eigenvalue weighted by Gasteiger charge is 2.27. The van der Waals surface area contributed by atoms with E-state index in [1.165, 1.54) is 5.69 Å². The van der Waals surface area contributed by atoms with Gasteiger partial charge >= 0.3 is 6.09 Å². The molecule has 0 radical (unpaired) electrons. The highest BCUT2D eigenvalue weighted by Crippen LogP contribution is 2.36. The highest BCUT2D eigenvalue weighted by atomic mass is 16.7. The predicted molar refractivity (Wildman–Crippen MR) is 137 cm³/mol. The van der Waals surface area contributed by atoms with E-state index in [9.17, 15) is 4.79 Å².